The topological polar surface area (TPSA) is 103 Å². The van der Waals surface area contributed by atoms with Crippen LogP contribution in [0.2, 0.25) is 0 Å². The van der Waals surface area contributed by atoms with Crippen LogP contribution in [0.25, 0.3) is 0 Å². The molecule has 4 rings (SSSR count). The predicted octanol–water partition coefficient (Wildman–Crippen LogP) is 4.37. The maximum absolute atomic E-state index is 13.8. The molecule has 0 saturated carbocycles. The zero-order chi connectivity index (χ0) is 28.7. The van der Waals surface area contributed by atoms with E-state index in [1.165, 1.54) is 37.8 Å². The number of nitrogens with one attached hydrogen (secondary N) is 2. The highest BCUT2D eigenvalue weighted by atomic mass is 19.4. The van der Waals surface area contributed by atoms with Crippen molar-refractivity contribution in [1.29, 1.82) is 0 Å². The number of nitrogens with zero attached hydrogens (tertiary/aromatic N) is 5. The number of amides is 2. The molecule has 1 saturated heterocycles. The van der Waals surface area contributed by atoms with Gasteiger partial charge in [-0.1, -0.05) is 6.07 Å². The van der Waals surface area contributed by atoms with E-state index in [-0.39, 0.29) is 23.1 Å². The summed E-state index contributed by atoms with van der Waals surface area (Å²) >= 11 is 0. The van der Waals surface area contributed by atoms with Crippen molar-refractivity contribution in [3.63, 3.8) is 0 Å². The van der Waals surface area contributed by atoms with Crippen molar-refractivity contribution in [2.75, 3.05) is 48.8 Å². The minimum absolute atomic E-state index is 0.0384. The maximum Gasteiger partial charge on any atom is 0.431 e. The zero-order valence-corrected chi connectivity index (χ0v) is 21.9. The molecule has 0 atom stereocenters. The van der Waals surface area contributed by atoms with Crippen molar-refractivity contribution in [2.24, 2.45) is 4.99 Å². The summed E-state index contributed by atoms with van der Waals surface area (Å²) in [4.78, 5) is 40.3. The summed E-state index contributed by atoms with van der Waals surface area (Å²) in [7, 11) is 1.40. The largest absolute Gasteiger partial charge is 0.431 e. The number of aliphatic imine (C=N–C) groups is 1. The molecule has 1 aromatic carbocycles. The number of carbonyl (C=O) groups is 2. The molecule has 1 aliphatic heterocycles. The van der Waals surface area contributed by atoms with Gasteiger partial charge in [0.2, 0.25) is 5.91 Å². The lowest BCUT2D eigenvalue weighted by Crippen LogP contribution is -2.48. The normalized spacial score (nSPS) is 14.6. The number of carbonyl (C=O) groups excluding carboxylic acids is 2. The number of hydrogen-bond acceptors (Lipinski definition) is 7. The summed E-state index contributed by atoms with van der Waals surface area (Å²) in [5.41, 5.74) is 0.849. The Morgan fingerprint density at radius 3 is 2.33 bits per heavy atom. The van der Waals surface area contributed by atoms with E-state index < -0.39 is 17.8 Å². The Morgan fingerprint density at radius 1 is 0.975 bits per heavy atom. The fraction of sp³-hybridized carbons (Fsp3) is 0.250. The van der Waals surface area contributed by atoms with Crippen LogP contribution in [0, 0.1) is 0 Å². The van der Waals surface area contributed by atoms with Crippen molar-refractivity contribution in [3.05, 3.63) is 90.0 Å². The Bertz CT molecular complexity index is 1400. The first-order valence-electron chi connectivity index (χ1n) is 12.4. The quantitative estimate of drug-likeness (QED) is 0.423. The number of aromatic nitrogens is 2. The average molecular weight is 552 g/mol. The monoisotopic (exact) mass is 551 g/mol. The molecule has 3 heterocycles. The molecule has 0 aliphatic carbocycles. The third-order valence-electron chi connectivity index (χ3n) is 6.27. The molecule has 0 radical (unpaired) electrons. The van der Waals surface area contributed by atoms with E-state index >= 15 is 0 Å². The molecule has 0 bridgehead atoms. The van der Waals surface area contributed by atoms with Crippen molar-refractivity contribution in [2.45, 2.75) is 13.1 Å². The van der Waals surface area contributed by atoms with Gasteiger partial charge in [-0.25, -0.2) is 4.98 Å². The standard InChI is InChI=1S/C28H28F3N7O2/c1-19(39)37-11-13-38(14-12-37)23-7-3-5-20(15-23)27(40)36-26-9-8-22(18-34-26)35-25(28(29,30)31)16-24(32-2)21-6-4-10-33-17-21/h3-10,15-18,35H,11-14H2,1-2H3,(H,34,36,40)/b25-16-,32-24+. The lowest BCUT2D eigenvalue weighted by Gasteiger charge is -2.35. The first-order valence-corrected chi connectivity index (χ1v) is 12.4. The predicted molar refractivity (Wildman–Crippen MR) is 148 cm³/mol. The Kier molecular flexibility index (Phi) is 8.77. The van der Waals surface area contributed by atoms with Crippen LogP contribution in [-0.4, -0.2) is 71.8 Å². The summed E-state index contributed by atoms with van der Waals surface area (Å²) in [5.74, 6) is -0.190. The smallest absolute Gasteiger partial charge is 0.368 e. The highest BCUT2D eigenvalue weighted by Gasteiger charge is 2.34. The van der Waals surface area contributed by atoms with Crippen LogP contribution in [0.15, 0.2) is 83.9 Å². The number of anilines is 3. The van der Waals surface area contributed by atoms with Crippen LogP contribution >= 0.6 is 0 Å². The summed E-state index contributed by atoms with van der Waals surface area (Å²) in [6.07, 6.45) is 0.363. The molecular weight excluding hydrogens is 523 g/mol. The molecule has 2 amide bonds. The SMILES string of the molecule is C/N=C(\C=C(/Nc1ccc(NC(=O)c2cccc(N3CCN(C(C)=O)CC3)c2)nc1)C(F)(F)F)c1cccnc1. The molecule has 12 heteroatoms. The number of allylic oxidation sites excluding steroid dienone is 2. The van der Waals surface area contributed by atoms with E-state index in [2.05, 4.69) is 30.5 Å². The van der Waals surface area contributed by atoms with E-state index in [9.17, 15) is 22.8 Å². The van der Waals surface area contributed by atoms with Crippen LogP contribution in [0.3, 0.4) is 0 Å². The van der Waals surface area contributed by atoms with Gasteiger partial charge in [-0.15, -0.1) is 0 Å². The second kappa shape index (κ2) is 12.4. The first-order chi connectivity index (χ1) is 19.1. The highest BCUT2D eigenvalue weighted by molar-refractivity contribution is 6.09. The number of alkyl halides is 3. The number of rotatable bonds is 7. The van der Waals surface area contributed by atoms with Crippen molar-refractivity contribution >= 4 is 34.7 Å². The van der Waals surface area contributed by atoms with E-state index in [0.717, 1.165) is 11.8 Å². The Balaban J connectivity index is 1.42. The molecule has 208 valence electrons. The van der Waals surface area contributed by atoms with Crippen LogP contribution in [0.4, 0.5) is 30.4 Å². The number of hydrogen-bond donors (Lipinski definition) is 2. The van der Waals surface area contributed by atoms with Gasteiger partial charge in [-0.2, -0.15) is 13.2 Å². The average Bonchev–Trinajstić information content (AvgIpc) is 2.96. The van der Waals surface area contributed by atoms with Gasteiger partial charge in [0.25, 0.3) is 5.91 Å². The van der Waals surface area contributed by atoms with Gasteiger partial charge in [-0.3, -0.25) is 19.6 Å². The molecule has 2 N–H and O–H groups in total. The molecular formula is C28H28F3N7O2. The molecule has 1 fully saturated rings. The minimum atomic E-state index is -4.69. The lowest BCUT2D eigenvalue weighted by atomic mass is 10.1. The third kappa shape index (κ3) is 7.22. The second-order valence-electron chi connectivity index (χ2n) is 8.96. The van der Waals surface area contributed by atoms with Gasteiger partial charge >= 0.3 is 6.18 Å². The molecule has 0 unspecified atom stereocenters. The van der Waals surface area contributed by atoms with Gasteiger partial charge in [-0.05, 0) is 48.5 Å². The van der Waals surface area contributed by atoms with E-state index in [1.54, 1.807) is 42.2 Å². The van der Waals surface area contributed by atoms with E-state index in [1.807, 2.05) is 6.07 Å². The van der Waals surface area contributed by atoms with Crippen LogP contribution in [-0.2, 0) is 4.79 Å². The highest BCUT2D eigenvalue weighted by Crippen LogP contribution is 2.28. The molecule has 3 aromatic rings. The zero-order valence-electron chi connectivity index (χ0n) is 21.9. The van der Waals surface area contributed by atoms with Crippen LogP contribution < -0.4 is 15.5 Å². The number of halogens is 3. The van der Waals surface area contributed by atoms with Crippen molar-refractivity contribution in [1.82, 2.24) is 14.9 Å². The fourth-order valence-electron chi connectivity index (χ4n) is 4.13. The van der Waals surface area contributed by atoms with E-state index in [4.69, 9.17) is 0 Å². The third-order valence-corrected chi connectivity index (χ3v) is 6.27. The Labute approximate surface area is 229 Å². The summed E-state index contributed by atoms with van der Waals surface area (Å²) in [6, 6.07) is 13.1. The van der Waals surface area contributed by atoms with E-state index in [0.29, 0.717) is 37.3 Å². The first kappa shape index (κ1) is 28.3. The van der Waals surface area contributed by atoms with Gasteiger partial charge < -0.3 is 20.4 Å². The van der Waals surface area contributed by atoms with Gasteiger partial charge in [0.05, 0.1) is 17.6 Å². The number of piperazine rings is 1. The summed E-state index contributed by atoms with van der Waals surface area (Å²) < 4.78 is 41.3. The van der Waals surface area contributed by atoms with Crippen LogP contribution in [0.5, 0.6) is 0 Å². The number of benzene rings is 1. The molecule has 2 aromatic heterocycles. The van der Waals surface area contributed by atoms with Crippen molar-refractivity contribution < 1.29 is 22.8 Å². The Hall–Kier alpha value is -4.74. The second-order valence-corrected chi connectivity index (χ2v) is 8.96. The number of pyridine rings is 2. The summed E-state index contributed by atoms with van der Waals surface area (Å²) in [6.45, 7) is 4.07. The minimum Gasteiger partial charge on any atom is -0.368 e. The maximum atomic E-state index is 13.8. The van der Waals surface area contributed by atoms with Crippen molar-refractivity contribution in [3.8, 4) is 0 Å². The summed E-state index contributed by atoms with van der Waals surface area (Å²) in [5, 5.41) is 5.02. The lowest BCUT2D eigenvalue weighted by molar-refractivity contribution is -0.129. The Morgan fingerprint density at radius 2 is 1.73 bits per heavy atom. The molecule has 9 nitrogen and oxygen atoms in total. The molecule has 1 aliphatic rings. The van der Waals surface area contributed by atoms with Gasteiger partial charge in [0.15, 0.2) is 0 Å². The fourth-order valence-corrected chi connectivity index (χ4v) is 4.13. The van der Waals surface area contributed by atoms with Gasteiger partial charge in [0.1, 0.15) is 11.5 Å². The van der Waals surface area contributed by atoms with Gasteiger partial charge in [0, 0.05) is 69.4 Å². The molecule has 0 spiro atoms. The van der Waals surface area contributed by atoms with Crippen LogP contribution in [0.1, 0.15) is 22.8 Å². The molecule has 40 heavy (non-hydrogen) atoms.